The minimum atomic E-state index is -0.184. The highest BCUT2D eigenvalue weighted by molar-refractivity contribution is 9.10. The van der Waals surface area contributed by atoms with Gasteiger partial charge >= 0.3 is 0 Å². The maximum Gasteiger partial charge on any atom is 0.137 e. The van der Waals surface area contributed by atoms with Gasteiger partial charge in [0.1, 0.15) is 5.82 Å². The highest BCUT2D eigenvalue weighted by atomic mass is 79.9. The van der Waals surface area contributed by atoms with E-state index >= 15 is 0 Å². The van der Waals surface area contributed by atoms with Crippen LogP contribution in [0.15, 0.2) is 22.7 Å². The molecule has 1 aliphatic heterocycles. The minimum absolute atomic E-state index is 0.184. The number of alkyl halides is 1. The van der Waals surface area contributed by atoms with E-state index in [1.807, 2.05) is 12.1 Å². The lowest BCUT2D eigenvalue weighted by molar-refractivity contribution is 0.234. The molecule has 0 amide bonds. The molecule has 0 aromatic heterocycles. The summed E-state index contributed by atoms with van der Waals surface area (Å²) in [5.41, 5.74) is 1.19. The number of benzene rings is 1. The third kappa shape index (κ3) is 3.78. The van der Waals surface area contributed by atoms with Crippen LogP contribution < -0.4 is 0 Å². The third-order valence-corrected chi connectivity index (χ3v) is 4.71. The Morgan fingerprint density at radius 3 is 2.94 bits per heavy atom. The van der Waals surface area contributed by atoms with Crippen molar-refractivity contribution in [1.29, 1.82) is 0 Å². The minimum Gasteiger partial charge on any atom is -0.296 e. The highest BCUT2D eigenvalue weighted by Gasteiger charge is 2.23. The summed E-state index contributed by atoms with van der Waals surface area (Å²) in [5, 5.41) is 1.08. The van der Waals surface area contributed by atoms with Crippen molar-refractivity contribution in [3.05, 3.63) is 34.1 Å². The standard InChI is InChI=1S/C14H18Br2FN/c15-7-1-3-12-4-2-8-18(12)10-11-5-6-14(17)13(16)9-11/h5-6,9,12H,1-4,7-8,10H2. The molecule has 1 aromatic carbocycles. The molecule has 0 aliphatic carbocycles. The molecule has 1 fully saturated rings. The Labute approximate surface area is 125 Å². The SMILES string of the molecule is Fc1ccc(CN2CCCC2CCCBr)cc1Br. The average molecular weight is 379 g/mol. The maximum absolute atomic E-state index is 13.2. The fourth-order valence-corrected chi connectivity index (χ4v) is 3.37. The number of hydrogen-bond donors (Lipinski definition) is 0. The first-order chi connectivity index (χ1) is 8.70. The van der Waals surface area contributed by atoms with E-state index in [4.69, 9.17) is 0 Å². The zero-order valence-corrected chi connectivity index (χ0v) is 13.5. The van der Waals surface area contributed by atoms with E-state index in [1.165, 1.54) is 37.8 Å². The molecule has 1 saturated heterocycles. The van der Waals surface area contributed by atoms with Crippen molar-refractivity contribution in [2.75, 3.05) is 11.9 Å². The Kier molecular flexibility index (Phi) is 5.64. The summed E-state index contributed by atoms with van der Waals surface area (Å²) >= 11 is 6.75. The number of nitrogens with zero attached hydrogens (tertiary/aromatic N) is 1. The Balaban J connectivity index is 1.96. The van der Waals surface area contributed by atoms with Gasteiger partial charge in [-0.25, -0.2) is 4.39 Å². The van der Waals surface area contributed by atoms with E-state index in [-0.39, 0.29) is 5.82 Å². The van der Waals surface area contributed by atoms with Crippen molar-refractivity contribution >= 4 is 31.9 Å². The first kappa shape index (κ1) is 14.5. The van der Waals surface area contributed by atoms with Crippen LogP contribution in [0.3, 0.4) is 0 Å². The van der Waals surface area contributed by atoms with Crippen LogP contribution >= 0.6 is 31.9 Å². The van der Waals surface area contributed by atoms with Gasteiger partial charge in [-0.3, -0.25) is 4.90 Å². The fraction of sp³-hybridized carbons (Fsp3) is 0.571. The van der Waals surface area contributed by atoms with Crippen LogP contribution in [0.5, 0.6) is 0 Å². The van der Waals surface area contributed by atoms with E-state index in [9.17, 15) is 4.39 Å². The lowest BCUT2D eigenvalue weighted by Gasteiger charge is -2.24. The zero-order valence-electron chi connectivity index (χ0n) is 10.3. The van der Waals surface area contributed by atoms with Crippen LogP contribution in [0, 0.1) is 5.82 Å². The van der Waals surface area contributed by atoms with Crippen LogP contribution in [0.4, 0.5) is 4.39 Å². The quantitative estimate of drug-likeness (QED) is 0.669. The van der Waals surface area contributed by atoms with Crippen molar-refractivity contribution in [3.63, 3.8) is 0 Å². The summed E-state index contributed by atoms with van der Waals surface area (Å²) < 4.78 is 13.8. The van der Waals surface area contributed by atoms with Crippen molar-refractivity contribution in [2.24, 2.45) is 0 Å². The van der Waals surface area contributed by atoms with Crippen LogP contribution in [-0.4, -0.2) is 22.8 Å². The second-order valence-electron chi connectivity index (χ2n) is 4.85. The maximum atomic E-state index is 13.2. The lowest BCUT2D eigenvalue weighted by Crippen LogP contribution is -2.28. The predicted molar refractivity (Wildman–Crippen MR) is 80.6 cm³/mol. The molecule has 0 saturated carbocycles. The van der Waals surface area contributed by atoms with Crippen molar-refractivity contribution in [2.45, 2.75) is 38.3 Å². The molecule has 0 N–H and O–H groups in total. The summed E-state index contributed by atoms with van der Waals surface area (Å²) in [7, 11) is 0. The smallest absolute Gasteiger partial charge is 0.137 e. The van der Waals surface area contributed by atoms with Gasteiger partial charge in [0, 0.05) is 17.9 Å². The Bertz CT molecular complexity index is 397. The lowest BCUT2D eigenvalue weighted by atomic mass is 10.1. The fourth-order valence-electron chi connectivity index (χ4n) is 2.62. The van der Waals surface area contributed by atoms with E-state index in [0.717, 1.165) is 11.9 Å². The van der Waals surface area contributed by atoms with E-state index in [1.54, 1.807) is 6.07 Å². The molecule has 1 atom stereocenters. The molecule has 100 valence electrons. The monoisotopic (exact) mass is 377 g/mol. The third-order valence-electron chi connectivity index (χ3n) is 3.54. The van der Waals surface area contributed by atoms with Gasteiger partial charge in [-0.15, -0.1) is 0 Å². The van der Waals surface area contributed by atoms with Gasteiger partial charge in [-0.05, 0) is 65.9 Å². The molecule has 18 heavy (non-hydrogen) atoms. The second kappa shape index (κ2) is 7.01. The predicted octanol–water partition coefficient (Wildman–Crippen LogP) is 4.73. The van der Waals surface area contributed by atoms with Crippen molar-refractivity contribution in [3.8, 4) is 0 Å². The van der Waals surface area contributed by atoms with E-state index in [0.29, 0.717) is 10.5 Å². The van der Waals surface area contributed by atoms with Gasteiger partial charge < -0.3 is 0 Å². The Morgan fingerprint density at radius 1 is 1.39 bits per heavy atom. The summed E-state index contributed by atoms with van der Waals surface area (Å²) in [5.74, 6) is -0.184. The van der Waals surface area contributed by atoms with Crippen molar-refractivity contribution in [1.82, 2.24) is 4.90 Å². The summed E-state index contributed by atoms with van der Waals surface area (Å²) in [6.07, 6.45) is 5.08. The molecule has 0 spiro atoms. The molecule has 2 rings (SSSR count). The Hall–Kier alpha value is 0.0700. The van der Waals surface area contributed by atoms with Crippen molar-refractivity contribution < 1.29 is 4.39 Å². The molecule has 4 heteroatoms. The number of hydrogen-bond acceptors (Lipinski definition) is 1. The van der Waals surface area contributed by atoms with Gasteiger partial charge in [0.15, 0.2) is 0 Å². The molecule has 1 aromatic rings. The highest BCUT2D eigenvalue weighted by Crippen LogP contribution is 2.25. The second-order valence-corrected chi connectivity index (χ2v) is 6.49. The van der Waals surface area contributed by atoms with E-state index < -0.39 is 0 Å². The molecule has 0 radical (unpaired) electrons. The first-order valence-corrected chi connectivity index (χ1v) is 8.36. The normalized spacial score (nSPS) is 20.5. The largest absolute Gasteiger partial charge is 0.296 e. The molecule has 0 bridgehead atoms. The van der Waals surface area contributed by atoms with E-state index in [2.05, 4.69) is 36.8 Å². The summed E-state index contributed by atoms with van der Waals surface area (Å²) in [6.45, 7) is 2.10. The molecular formula is C14H18Br2FN. The first-order valence-electron chi connectivity index (χ1n) is 6.44. The van der Waals surface area contributed by atoms with Gasteiger partial charge in [0.05, 0.1) is 4.47 Å². The van der Waals surface area contributed by atoms with Crippen LogP contribution in [0.1, 0.15) is 31.2 Å². The van der Waals surface area contributed by atoms with Gasteiger partial charge in [-0.1, -0.05) is 22.0 Å². The summed E-state index contributed by atoms with van der Waals surface area (Å²) in [4.78, 5) is 2.53. The van der Waals surface area contributed by atoms with Crippen LogP contribution in [0.2, 0.25) is 0 Å². The molecular weight excluding hydrogens is 361 g/mol. The molecule has 1 nitrogen and oxygen atoms in total. The molecule has 1 heterocycles. The van der Waals surface area contributed by atoms with Gasteiger partial charge in [0.25, 0.3) is 0 Å². The summed E-state index contributed by atoms with van der Waals surface area (Å²) in [6, 6.07) is 6.03. The van der Waals surface area contributed by atoms with Crippen LogP contribution in [0.25, 0.3) is 0 Å². The number of halogens is 3. The average Bonchev–Trinajstić information content (AvgIpc) is 2.79. The van der Waals surface area contributed by atoms with Gasteiger partial charge in [-0.2, -0.15) is 0 Å². The molecule has 1 aliphatic rings. The Morgan fingerprint density at radius 2 is 2.22 bits per heavy atom. The van der Waals surface area contributed by atoms with Crippen LogP contribution in [-0.2, 0) is 6.54 Å². The number of rotatable bonds is 5. The zero-order chi connectivity index (χ0) is 13.0. The topological polar surface area (TPSA) is 3.24 Å². The molecule has 1 unspecified atom stereocenters. The number of likely N-dealkylation sites (tertiary alicyclic amines) is 1. The van der Waals surface area contributed by atoms with Gasteiger partial charge in [0.2, 0.25) is 0 Å².